The fourth-order valence-electron chi connectivity index (χ4n) is 4.16. The molecular formula is C19H25N5O5S. The molecule has 1 saturated heterocycles. The summed E-state index contributed by atoms with van der Waals surface area (Å²) in [7, 11) is -2.20. The molecule has 0 amide bonds. The van der Waals surface area contributed by atoms with Gasteiger partial charge in [-0.1, -0.05) is 5.16 Å². The van der Waals surface area contributed by atoms with E-state index in [0.29, 0.717) is 49.4 Å². The van der Waals surface area contributed by atoms with Gasteiger partial charge in [0.05, 0.1) is 24.7 Å². The zero-order valence-corrected chi connectivity index (χ0v) is 18.1. The molecule has 11 heteroatoms. The molecule has 0 aromatic carbocycles. The van der Waals surface area contributed by atoms with Crippen molar-refractivity contribution in [2.45, 2.75) is 44.2 Å². The Morgan fingerprint density at radius 2 is 2.13 bits per heavy atom. The van der Waals surface area contributed by atoms with Crippen molar-refractivity contribution in [2.75, 3.05) is 26.8 Å². The molecule has 1 atom stereocenters. The van der Waals surface area contributed by atoms with E-state index in [0.717, 1.165) is 0 Å². The zero-order chi connectivity index (χ0) is 21.5. The van der Waals surface area contributed by atoms with E-state index in [-0.39, 0.29) is 28.9 Å². The maximum atomic E-state index is 13.3. The van der Waals surface area contributed by atoms with Crippen LogP contribution in [0.25, 0.3) is 11.2 Å². The van der Waals surface area contributed by atoms with Crippen molar-refractivity contribution < 1.29 is 17.7 Å². The maximum Gasteiger partial charge on any atom is 0.330 e. The van der Waals surface area contributed by atoms with E-state index in [1.807, 2.05) is 6.07 Å². The molecule has 10 nitrogen and oxygen atoms in total. The second kappa shape index (κ2) is 7.97. The highest BCUT2D eigenvalue weighted by atomic mass is 32.2. The molecule has 1 aliphatic heterocycles. The Morgan fingerprint density at radius 1 is 1.33 bits per heavy atom. The first-order chi connectivity index (χ1) is 14.4. The Labute approximate surface area is 174 Å². The van der Waals surface area contributed by atoms with Gasteiger partial charge in [-0.25, -0.2) is 18.2 Å². The molecule has 3 aromatic heterocycles. The van der Waals surface area contributed by atoms with E-state index >= 15 is 0 Å². The van der Waals surface area contributed by atoms with Gasteiger partial charge in [0.25, 0.3) is 0 Å². The minimum absolute atomic E-state index is 0.108. The first kappa shape index (κ1) is 20.8. The number of rotatable bonds is 6. The molecule has 0 spiro atoms. The van der Waals surface area contributed by atoms with Crippen LogP contribution in [0.3, 0.4) is 0 Å². The Balaban J connectivity index is 1.73. The number of nitrogens with zero attached hydrogens (tertiary/aromatic N) is 5. The van der Waals surface area contributed by atoms with E-state index in [4.69, 9.17) is 9.26 Å². The lowest BCUT2D eigenvalue weighted by Crippen LogP contribution is -2.43. The lowest BCUT2D eigenvalue weighted by molar-refractivity contribution is 0.186. The molecule has 162 valence electrons. The second-order valence-electron chi connectivity index (χ2n) is 7.46. The van der Waals surface area contributed by atoms with Crippen molar-refractivity contribution >= 4 is 21.2 Å². The molecule has 0 unspecified atom stereocenters. The van der Waals surface area contributed by atoms with Crippen LogP contribution in [0.5, 0.6) is 0 Å². The number of hydrogen-bond donors (Lipinski definition) is 0. The standard InChI is InChI=1S/C19H25N5O5S/c1-13-17(14(2)29-21-13)30(26,27)22-9-5-6-15(12-22)24-18-16(7-4-8-20-18)23(19(24)25)10-11-28-3/h4,7-8,15H,5-6,9-12H2,1-3H3/t15-/m0/s1. The summed E-state index contributed by atoms with van der Waals surface area (Å²) in [6.45, 7) is 4.57. The van der Waals surface area contributed by atoms with Gasteiger partial charge >= 0.3 is 5.69 Å². The summed E-state index contributed by atoms with van der Waals surface area (Å²) in [5, 5.41) is 3.78. The topological polar surface area (TPSA) is 112 Å². The molecule has 4 heterocycles. The zero-order valence-electron chi connectivity index (χ0n) is 17.2. The number of ether oxygens (including phenoxy) is 1. The summed E-state index contributed by atoms with van der Waals surface area (Å²) < 4.78 is 41.4. The van der Waals surface area contributed by atoms with Gasteiger partial charge < -0.3 is 9.26 Å². The molecule has 0 radical (unpaired) electrons. The number of aromatic nitrogens is 4. The normalized spacial score (nSPS) is 18.3. The summed E-state index contributed by atoms with van der Waals surface area (Å²) in [6, 6.07) is 3.31. The van der Waals surface area contributed by atoms with Crippen LogP contribution < -0.4 is 5.69 Å². The van der Waals surface area contributed by atoms with Gasteiger partial charge in [0.15, 0.2) is 11.4 Å². The number of pyridine rings is 1. The Kier molecular flexibility index (Phi) is 5.51. The van der Waals surface area contributed by atoms with Crippen molar-refractivity contribution in [3.8, 4) is 0 Å². The molecule has 0 N–H and O–H groups in total. The fraction of sp³-hybridized carbons (Fsp3) is 0.526. The average molecular weight is 436 g/mol. The van der Waals surface area contributed by atoms with Gasteiger partial charge in [-0.05, 0) is 38.8 Å². The number of hydrogen-bond acceptors (Lipinski definition) is 7. The lowest BCUT2D eigenvalue weighted by atomic mass is 10.1. The van der Waals surface area contributed by atoms with Gasteiger partial charge in [0.1, 0.15) is 10.6 Å². The van der Waals surface area contributed by atoms with E-state index in [1.54, 1.807) is 42.4 Å². The monoisotopic (exact) mass is 435 g/mol. The first-order valence-electron chi connectivity index (χ1n) is 9.84. The molecule has 0 saturated carbocycles. The largest absolute Gasteiger partial charge is 0.383 e. The lowest BCUT2D eigenvalue weighted by Gasteiger charge is -2.32. The minimum Gasteiger partial charge on any atom is -0.383 e. The van der Waals surface area contributed by atoms with E-state index in [9.17, 15) is 13.2 Å². The summed E-state index contributed by atoms with van der Waals surface area (Å²) >= 11 is 0. The molecule has 30 heavy (non-hydrogen) atoms. The molecule has 0 bridgehead atoms. The first-order valence-corrected chi connectivity index (χ1v) is 11.3. The maximum absolute atomic E-state index is 13.3. The predicted molar refractivity (Wildman–Crippen MR) is 109 cm³/mol. The highest BCUT2D eigenvalue weighted by Crippen LogP contribution is 2.30. The van der Waals surface area contributed by atoms with Gasteiger partial charge in [-0.15, -0.1) is 0 Å². The molecule has 0 aliphatic carbocycles. The molecule has 1 aliphatic rings. The predicted octanol–water partition coefficient (Wildman–Crippen LogP) is 1.48. The highest BCUT2D eigenvalue weighted by Gasteiger charge is 2.36. The number of sulfonamides is 1. The number of aryl methyl sites for hydroxylation is 2. The van der Waals surface area contributed by atoms with Crippen molar-refractivity contribution in [1.82, 2.24) is 23.6 Å². The Morgan fingerprint density at radius 3 is 2.83 bits per heavy atom. The third-order valence-corrected chi connectivity index (χ3v) is 7.64. The van der Waals surface area contributed by atoms with Crippen LogP contribution in [-0.4, -0.2) is 58.8 Å². The van der Waals surface area contributed by atoms with Crippen molar-refractivity contribution in [3.63, 3.8) is 0 Å². The summed E-state index contributed by atoms with van der Waals surface area (Å²) in [4.78, 5) is 17.8. The van der Waals surface area contributed by atoms with Crippen molar-refractivity contribution in [3.05, 3.63) is 40.3 Å². The van der Waals surface area contributed by atoms with Crippen LogP contribution in [0.1, 0.15) is 30.3 Å². The Bertz CT molecular complexity index is 1210. The molecule has 4 rings (SSSR count). The quantitative estimate of drug-likeness (QED) is 0.576. The summed E-state index contributed by atoms with van der Waals surface area (Å²) in [6.07, 6.45) is 2.96. The van der Waals surface area contributed by atoms with E-state index in [2.05, 4.69) is 10.1 Å². The number of fused-ring (bicyclic) bond motifs is 1. The van der Waals surface area contributed by atoms with Gasteiger partial charge in [0.2, 0.25) is 10.0 Å². The van der Waals surface area contributed by atoms with Crippen LogP contribution in [0, 0.1) is 13.8 Å². The molecule has 1 fully saturated rings. The van der Waals surface area contributed by atoms with Gasteiger partial charge in [-0.3, -0.25) is 9.13 Å². The molecule has 3 aromatic rings. The van der Waals surface area contributed by atoms with E-state index < -0.39 is 10.0 Å². The van der Waals surface area contributed by atoms with Crippen LogP contribution in [0.15, 0.2) is 32.5 Å². The molecular weight excluding hydrogens is 410 g/mol. The third-order valence-electron chi connectivity index (χ3n) is 5.53. The minimum atomic E-state index is -3.78. The number of methoxy groups -OCH3 is 1. The van der Waals surface area contributed by atoms with Crippen LogP contribution >= 0.6 is 0 Å². The average Bonchev–Trinajstić information content (AvgIpc) is 3.22. The van der Waals surface area contributed by atoms with Crippen LogP contribution in [-0.2, 0) is 21.3 Å². The van der Waals surface area contributed by atoms with E-state index in [1.165, 1.54) is 4.31 Å². The summed E-state index contributed by atoms with van der Waals surface area (Å²) in [5.41, 5.74) is 1.40. The van der Waals surface area contributed by atoms with Crippen molar-refractivity contribution in [1.29, 1.82) is 0 Å². The fourth-order valence-corrected chi connectivity index (χ4v) is 5.97. The summed E-state index contributed by atoms with van der Waals surface area (Å²) in [5.74, 6) is 0.268. The van der Waals surface area contributed by atoms with Gasteiger partial charge in [-0.2, -0.15) is 4.31 Å². The SMILES string of the molecule is COCCn1c(=O)n([C@H]2CCCN(S(=O)(=O)c3c(C)noc3C)C2)c2ncccc21. The smallest absolute Gasteiger partial charge is 0.330 e. The third kappa shape index (κ3) is 3.36. The number of imidazole rings is 1. The Hall–Kier alpha value is -2.50. The highest BCUT2D eigenvalue weighted by molar-refractivity contribution is 7.89. The second-order valence-corrected chi connectivity index (χ2v) is 9.33. The van der Waals surface area contributed by atoms with Gasteiger partial charge in [0, 0.05) is 26.4 Å². The van der Waals surface area contributed by atoms with Crippen LogP contribution in [0.2, 0.25) is 0 Å². The van der Waals surface area contributed by atoms with Crippen molar-refractivity contribution in [2.24, 2.45) is 0 Å². The van der Waals surface area contributed by atoms with Crippen LogP contribution in [0.4, 0.5) is 0 Å². The number of piperidine rings is 1.